The van der Waals surface area contributed by atoms with Gasteiger partial charge in [0.2, 0.25) is 6.29 Å². The van der Waals surface area contributed by atoms with Gasteiger partial charge in [0.05, 0.1) is 5.56 Å². The summed E-state index contributed by atoms with van der Waals surface area (Å²) in [4.78, 5) is 11.4. The second kappa shape index (κ2) is 4.71. The lowest BCUT2D eigenvalue weighted by Crippen LogP contribution is -1.95. The molecule has 3 rings (SSSR count). The van der Waals surface area contributed by atoms with Gasteiger partial charge in [0.25, 0.3) is 0 Å². The molecule has 19 heavy (non-hydrogen) atoms. The van der Waals surface area contributed by atoms with Crippen molar-refractivity contribution in [1.82, 2.24) is 0 Å². The zero-order chi connectivity index (χ0) is 13.2. The van der Waals surface area contributed by atoms with Crippen LogP contribution in [0.1, 0.15) is 33.3 Å². The Kier molecular flexibility index (Phi) is 2.89. The molecule has 0 spiro atoms. The number of rotatable bonds is 2. The number of aliphatic hydroxyl groups excluding tert-OH is 1. The first-order valence-electron chi connectivity index (χ1n) is 6.00. The quantitative estimate of drug-likeness (QED) is 0.660. The standard InChI is InChI=1S/C16H12O3/c17-15-13-9-8-12(10-14(13)16(18)19-15)7-6-11-4-2-1-3-5-11/h1-10,16,18H. The number of esters is 1. The summed E-state index contributed by atoms with van der Waals surface area (Å²) in [6, 6.07) is 15.2. The van der Waals surface area contributed by atoms with E-state index in [4.69, 9.17) is 4.74 Å². The van der Waals surface area contributed by atoms with E-state index in [-0.39, 0.29) is 0 Å². The molecule has 0 aliphatic carbocycles. The van der Waals surface area contributed by atoms with Crippen LogP contribution in [0.15, 0.2) is 48.5 Å². The monoisotopic (exact) mass is 252 g/mol. The van der Waals surface area contributed by atoms with Crippen molar-refractivity contribution in [3.8, 4) is 0 Å². The van der Waals surface area contributed by atoms with E-state index < -0.39 is 12.3 Å². The number of cyclic esters (lactones) is 1. The maximum atomic E-state index is 11.4. The van der Waals surface area contributed by atoms with E-state index in [9.17, 15) is 9.90 Å². The Labute approximate surface area is 110 Å². The second-order valence-electron chi connectivity index (χ2n) is 4.35. The fourth-order valence-electron chi connectivity index (χ4n) is 2.06. The van der Waals surface area contributed by atoms with Crippen LogP contribution in [0.2, 0.25) is 0 Å². The molecule has 0 amide bonds. The van der Waals surface area contributed by atoms with E-state index in [1.807, 2.05) is 48.6 Å². The summed E-state index contributed by atoms with van der Waals surface area (Å²) in [7, 11) is 0. The minimum Gasteiger partial charge on any atom is -0.428 e. The number of aliphatic hydroxyl groups is 1. The lowest BCUT2D eigenvalue weighted by Gasteiger charge is -2.02. The van der Waals surface area contributed by atoms with Crippen molar-refractivity contribution < 1.29 is 14.6 Å². The SMILES string of the molecule is O=C1OC(O)c2cc(C=Cc3ccccc3)ccc21. The van der Waals surface area contributed by atoms with E-state index in [0.717, 1.165) is 11.1 Å². The number of carbonyl (C=O) groups excluding carboxylic acids is 1. The normalized spacial score (nSPS) is 17.5. The number of benzene rings is 2. The molecule has 94 valence electrons. The van der Waals surface area contributed by atoms with Crippen molar-refractivity contribution in [1.29, 1.82) is 0 Å². The van der Waals surface area contributed by atoms with Crippen LogP contribution in [0.25, 0.3) is 12.2 Å². The number of hydrogen-bond donors (Lipinski definition) is 1. The fourth-order valence-corrected chi connectivity index (χ4v) is 2.06. The van der Waals surface area contributed by atoms with Crippen LogP contribution in [0, 0.1) is 0 Å². The highest BCUT2D eigenvalue weighted by Crippen LogP contribution is 2.29. The van der Waals surface area contributed by atoms with Crippen LogP contribution in [0.5, 0.6) is 0 Å². The van der Waals surface area contributed by atoms with Gasteiger partial charge in [0.15, 0.2) is 0 Å². The summed E-state index contributed by atoms with van der Waals surface area (Å²) >= 11 is 0. The van der Waals surface area contributed by atoms with Crippen molar-refractivity contribution in [2.45, 2.75) is 6.29 Å². The van der Waals surface area contributed by atoms with Crippen LogP contribution < -0.4 is 0 Å². The summed E-state index contributed by atoms with van der Waals surface area (Å²) in [5.74, 6) is -0.471. The summed E-state index contributed by atoms with van der Waals surface area (Å²) < 4.78 is 4.74. The highest BCUT2D eigenvalue weighted by atomic mass is 16.6. The molecule has 1 aliphatic rings. The Bertz CT molecular complexity index is 644. The number of carbonyl (C=O) groups is 1. The summed E-state index contributed by atoms with van der Waals surface area (Å²) in [6.45, 7) is 0. The van der Waals surface area contributed by atoms with Gasteiger partial charge in [-0.3, -0.25) is 0 Å². The number of ether oxygens (including phenoxy) is 1. The molecule has 3 heteroatoms. The Hall–Kier alpha value is -2.39. The first-order valence-corrected chi connectivity index (χ1v) is 6.00. The van der Waals surface area contributed by atoms with Crippen molar-refractivity contribution in [2.75, 3.05) is 0 Å². The zero-order valence-electron chi connectivity index (χ0n) is 10.1. The Morgan fingerprint density at radius 3 is 2.53 bits per heavy atom. The smallest absolute Gasteiger partial charge is 0.341 e. The summed E-state index contributed by atoms with van der Waals surface area (Å²) in [5.41, 5.74) is 2.97. The molecule has 0 radical (unpaired) electrons. The molecule has 0 fully saturated rings. The fraction of sp³-hybridized carbons (Fsp3) is 0.0625. The zero-order valence-corrected chi connectivity index (χ0v) is 10.1. The van der Waals surface area contributed by atoms with Gasteiger partial charge in [-0.15, -0.1) is 0 Å². The van der Waals surface area contributed by atoms with Gasteiger partial charge in [0.1, 0.15) is 0 Å². The maximum absolute atomic E-state index is 11.4. The first kappa shape index (κ1) is 11.7. The van der Waals surface area contributed by atoms with Gasteiger partial charge in [0, 0.05) is 5.56 Å². The van der Waals surface area contributed by atoms with Crippen LogP contribution in [-0.4, -0.2) is 11.1 Å². The molecule has 0 saturated heterocycles. The van der Waals surface area contributed by atoms with Gasteiger partial charge in [-0.05, 0) is 23.3 Å². The Balaban J connectivity index is 1.90. The van der Waals surface area contributed by atoms with Crippen molar-refractivity contribution in [2.24, 2.45) is 0 Å². The predicted molar refractivity (Wildman–Crippen MR) is 72.2 cm³/mol. The van der Waals surface area contributed by atoms with Crippen LogP contribution in [-0.2, 0) is 4.74 Å². The molecular weight excluding hydrogens is 240 g/mol. The Morgan fingerprint density at radius 1 is 1.00 bits per heavy atom. The van der Waals surface area contributed by atoms with E-state index in [1.165, 1.54) is 0 Å². The molecule has 0 saturated carbocycles. The number of hydrogen-bond acceptors (Lipinski definition) is 3. The Morgan fingerprint density at radius 2 is 1.74 bits per heavy atom. The third-order valence-corrected chi connectivity index (χ3v) is 3.05. The largest absolute Gasteiger partial charge is 0.428 e. The molecule has 2 aromatic rings. The molecule has 1 N–H and O–H groups in total. The molecule has 0 aromatic heterocycles. The van der Waals surface area contributed by atoms with Gasteiger partial charge >= 0.3 is 5.97 Å². The molecule has 1 aliphatic heterocycles. The molecule has 2 aromatic carbocycles. The van der Waals surface area contributed by atoms with Crippen LogP contribution in [0.3, 0.4) is 0 Å². The number of fused-ring (bicyclic) bond motifs is 1. The average molecular weight is 252 g/mol. The van der Waals surface area contributed by atoms with Gasteiger partial charge in [-0.25, -0.2) is 4.79 Å². The lowest BCUT2D eigenvalue weighted by atomic mass is 10.0. The highest BCUT2D eigenvalue weighted by Gasteiger charge is 2.28. The maximum Gasteiger partial charge on any atom is 0.341 e. The summed E-state index contributed by atoms with van der Waals surface area (Å²) in [6.07, 6.45) is 2.77. The van der Waals surface area contributed by atoms with Crippen molar-refractivity contribution >= 4 is 18.1 Å². The lowest BCUT2D eigenvalue weighted by molar-refractivity contribution is -0.0547. The van der Waals surface area contributed by atoms with Crippen LogP contribution in [0.4, 0.5) is 0 Å². The second-order valence-corrected chi connectivity index (χ2v) is 4.35. The van der Waals surface area contributed by atoms with Gasteiger partial charge < -0.3 is 9.84 Å². The van der Waals surface area contributed by atoms with Crippen molar-refractivity contribution in [3.63, 3.8) is 0 Å². The van der Waals surface area contributed by atoms with Gasteiger partial charge in [-0.2, -0.15) is 0 Å². The van der Waals surface area contributed by atoms with Crippen molar-refractivity contribution in [3.05, 3.63) is 70.8 Å². The van der Waals surface area contributed by atoms with E-state index in [0.29, 0.717) is 11.1 Å². The molecule has 1 unspecified atom stereocenters. The van der Waals surface area contributed by atoms with Crippen LogP contribution >= 0.6 is 0 Å². The first-order chi connectivity index (χ1) is 9.24. The van der Waals surface area contributed by atoms with E-state index in [2.05, 4.69) is 0 Å². The van der Waals surface area contributed by atoms with Gasteiger partial charge in [-0.1, -0.05) is 48.6 Å². The van der Waals surface area contributed by atoms with E-state index in [1.54, 1.807) is 12.1 Å². The summed E-state index contributed by atoms with van der Waals surface area (Å²) in [5, 5.41) is 9.59. The minimum atomic E-state index is -1.15. The van der Waals surface area contributed by atoms with E-state index >= 15 is 0 Å². The highest BCUT2D eigenvalue weighted by molar-refractivity contribution is 5.94. The minimum absolute atomic E-state index is 0.435. The third kappa shape index (κ3) is 2.28. The average Bonchev–Trinajstić information content (AvgIpc) is 2.73. The molecule has 1 heterocycles. The molecule has 0 bridgehead atoms. The molecular formula is C16H12O3. The molecule has 3 nitrogen and oxygen atoms in total. The topological polar surface area (TPSA) is 46.5 Å². The third-order valence-electron chi connectivity index (χ3n) is 3.05. The molecule has 1 atom stereocenters. The predicted octanol–water partition coefficient (Wildman–Crippen LogP) is 3.02.